The SMILES string of the molecule is FC1(F)Oc2ccc(C=CCCl)cc2O1. The normalized spacial score (nSPS) is 17.3. The minimum absolute atomic E-state index is 0.0386. The summed E-state index contributed by atoms with van der Waals surface area (Å²) in [4.78, 5) is 0. The van der Waals surface area contributed by atoms with Crippen LogP contribution in [0, 0.1) is 0 Å². The minimum Gasteiger partial charge on any atom is -0.395 e. The van der Waals surface area contributed by atoms with Gasteiger partial charge in [0.05, 0.1) is 0 Å². The van der Waals surface area contributed by atoms with Crippen LogP contribution < -0.4 is 9.47 Å². The van der Waals surface area contributed by atoms with Gasteiger partial charge in [-0.1, -0.05) is 18.2 Å². The smallest absolute Gasteiger partial charge is 0.395 e. The van der Waals surface area contributed by atoms with Crippen LogP contribution in [-0.2, 0) is 0 Å². The zero-order valence-electron chi connectivity index (χ0n) is 7.54. The highest BCUT2D eigenvalue weighted by molar-refractivity contribution is 6.19. The zero-order valence-corrected chi connectivity index (χ0v) is 8.30. The van der Waals surface area contributed by atoms with Gasteiger partial charge in [-0.25, -0.2) is 0 Å². The Bertz CT molecular complexity index is 404. The molecule has 0 bridgehead atoms. The van der Waals surface area contributed by atoms with Gasteiger partial charge >= 0.3 is 6.29 Å². The topological polar surface area (TPSA) is 18.5 Å². The van der Waals surface area contributed by atoms with Crippen molar-refractivity contribution >= 4 is 17.7 Å². The Balaban J connectivity index is 2.26. The summed E-state index contributed by atoms with van der Waals surface area (Å²) in [7, 11) is 0. The molecule has 0 spiro atoms. The van der Waals surface area contributed by atoms with Gasteiger partial charge in [-0.15, -0.1) is 20.4 Å². The maximum atomic E-state index is 12.6. The van der Waals surface area contributed by atoms with Gasteiger partial charge in [-0.05, 0) is 17.7 Å². The molecule has 0 saturated heterocycles. The van der Waals surface area contributed by atoms with Crippen LogP contribution in [0.5, 0.6) is 11.5 Å². The lowest BCUT2D eigenvalue weighted by molar-refractivity contribution is -0.286. The van der Waals surface area contributed by atoms with E-state index in [1.54, 1.807) is 18.2 Å². The molecule has 0 atom stereocenters. The predicted molar refractivity (Wildman–Crippen MR) is 52.4 cm³/mol. The molecule has 5 heteroatoms. The number of allylic oxidation sites excluding steroid dienone is 1. The number of halogens is 3. The van der Waals surface area contributed by atoms with Crippen molar-refractivity contribution in [2.75, 3.05) is 5.88 Å². The summed E-state index contributed by atoms with van der Waals surface area (Å²) in [5.74, 6) is 0.449. The Hall–Kier alpha value is -1.29. The molecule has 2 rings (SSSR count). The molecule has 15 heavy (non-hydrogen) atoms. The third-order valence-corrected chi connectivity index (χ3v) is 2.00. The largest absolute Gasteiger partial charge is 0.586 e. The van der Waals surface area contributed by atoms with Crippen molar-refractivity contribution in [1.82, 2.24) is 0 Å². The first-order valence-electron chi connectivity index (χ1n) is 4.23. The molecule has 1 aromatic carbocycles. The lowest BCUT2D eigenvalue weighted by Crippen LogP contribution is -2.25. The maximum absolute atomic E-state index is 12.6. The fraction of sp³-hybridized carbons (Fsp3) is 0.200. The Morgan fingerprint density at radius 2 is 2.00 bits per heavy atom. The first-order chi connectivity index (χ1) is 7.11. The van der Waals surface area contributed by atoms with Crippen molar-refractivity contribution in [3.8, 4) is 11.5 Å². The molecule has 80 valence electrons. The van der Waals surface area contributed by atoms with Crippen LogP contribution in [0.4, 0.5) is 8.78 Å². The van der Waals surface area contributed by atoms with E-state index in [-0.39, 0.29) is 11.5 Å². The third-order valence-electron chi connectivity index (χ3n) is 1.82. The fourth-order valence-electron chi connectivity index (χ4n) is 1.25. The van der Waals surface area contributed by atoms with E-state index < -0.39 is 6.29 Å². The average Bonchev–Trinajstić information content (AvgIpc) is 2.47. The predicted octanol–water partition coefficient (Wildman–Crippen LogP) is 3.26. The summed E-state index contributed by atoms with van der Waals surface area (Å²) >= 11 is 5.45. The molecule has 0 unspecified atom stereocenters. The fourth-order valence-corrected chi connectivity index (χ4v) is 1.34. The highest BCUT2D eigenvalue weighted by Crippen LogP contribution is 2.41. The summed E-state index contributed by atoms with van der Waals surface area (Å²) in [5.41, 5.74) is 0.732. The van der Waals surface area contributed by atoms with Crippen LogP contribution in [0.1, 0.15) is 5.56 Å². The number of benzene rings is 1. The number of fused-ring (bicyclic) bond motifs is 1. The van der Waals surface area contributed by atoms with Crippen LogP contribution >= 0.6 is 11.6 Å². The summed E-state index contributed by atoms with van der Waals surface area (Å²) in [6.07, 6.45) is -0.137. The Morgan fingerprint density at radius 3 is 2.73 bits per heavy atom. The van der Waals surface area contributed by atoms with Crippen LogP contribution in [0.15, 0.2) is 24.3 Å². The molecule has 2 nitrogen and oxygen atoms in total. The van der Waals surface area contributed by atoms with E-state index >= 15 is 0 Å². The minimum atomic E-state index is -3.56. The van der Waals surface area contributed by atoms with E-state index in [0.717, 1.165) is 5.56 Å². The van der Waals surface area contributed by atoms with Crippen LogP contribution in [0.25, 0.3) is 6.08 Å². The van der Waals surface area contributed by atoms with Crippen LogP contribution in [-0.4, -0.2) is 12.2 Å². The third kappa shape index (κ3) is 2.21. The zero-order chi connectivity index (χ0) is 10.9. The highest BCUT2D eigenvalue weighted by atomic mass is 35.5. The van der Waals surface area contributed by atoms with Gasteiger partial charge in [0.25, 0.3) is 0 Å². The maximum Gasteiger partial charge on any atom is 0.586 e. The van der Waals surface area contributed by atoms with Gasteiger partial charge in [0.15, 0.2) is 11.5 Å². The van der Waals surface area contributed by atoms with Gasteiger partial charge in [0.1, 0.15) is 0 Å². The standard InChI is InChI=1S/C10H7ClF2O2/c11-5-1-2-7-3-4-8-9(6-7)15-10(12,13)14-8/h1-4,6H,5H2. The van der Waals surface area contributed by atoms with Gasteiger partial charge in [-0.2, -0.15) is 0 Å². The summed E-state index contributed by atoms with van der Waals surface area (Å²) in [5, 5.41) is 0. The van der Waals surface area contributed by atoms with Crippen molar-refractivity contribution < 1.29 is 18.3 Å². The second-order valence-electron chi connectivity index (χ2n) is 2.93. The quantitative estimate of drug-likeness (QED) is 0.729. The number of hydrogen-bond acceptors (Lipinski definition) is 2. The molecule has 1 aliphatic rings. The van der Waals surface area contributed by atoms with Crippen molar-refractivity contribution in [1.29, 1.82) is 0 Å². The molecule has 0 aliphatic carbocycles. The number of alkyl halides is 3. The summed E-state index contributed by atoms with van der Waals surface area (Å²) < 4.78 is 33.8. The second kappa shape index (κ2) is 3.70. The molecular formula is C10H7ClF2O2. The second-order valence-corrected chi connectivity index (χ2v) is 3.24. The van der Waals surface area contributed by atoms with Crippen LogP contribution in [0.3, 0.4) is 0 Å². The lowest BCUT2D eigenvalue weighted by atomic mass is 10.2. The molecule has 1 aliphatic heterocycles. The Labute approximate surface area is 90.1 Å². The molecular weight excluding hydrogens is 226 g/mol. The van der Waals surface area contributed by atoms with Crippen LogP contribution in [0.2, 0.25) is 0 Å². The van der Waals surface area contributed by atoms with Gasteiger partial charge in [0, 0.05) is 5.88 Å². The van der Waals surface area contributed by atoms with Gasteiger partial charge in [-0.3, -0.25) is 0 Å². The molecule has 0 N–H and O–H groups in total. The molecule has 1 heterocycles. The van der Waals surface area contributed by atoms with Crippen molar-refractivity contribution in [2.45, 2.75) is 6.29 Å². The van der Waals surface area contributed by atoms with E-state index in [9.17, 15) is 8.78 Å². The molecule has 0 amide bonds. The van der Waals surface area contributed by atoms with E-state index in [1.165, 1.54) is 12.1 Å². The lowest BCUT2D eigenvalue weighted by Gasteiger charge is -2.04. The van der Waals surface area contributed by atoms with Crippen molar-refractivity contribution in [3.05, 3.63) is 29.8 Å². The van der Waals surface area contributed by atoms with E-state index in [2.05, 4.69) is 9.47 Å². The summed E-state index contributed by atoms with van der Waals surface area (Å²) in [6.45, 7) is 0. The Morgan fingerprint density at radius 1 is 1.27 bits per heavy atom. The van der Waals surface area contributed by atoms with Gasteiger partial charge in [0.2, 0.25) is 0 Å². The molecule has 0 saturated carbocycles. The molecule has 0 fully saturated rings. The van der Waals surface area contributed by atoms with Gasteiger partial charge < -0.3 is 9.47 Å². The molecule has 0 radical (unpaired) electrons. The first kappa shape index (κ1) is 10.2. The van der Waals surface area contributed by atoms with E-state index in [0.29, 0.717) is 5.88 Å². The highest BCUT2D eigenvalue weighted by Gasteiger charge is 2.43. The number of ether oxygens (including phenoxy) is 2. The average molecular weight is 233 g/mol. The molecule has 1 aromatic rings. The van der Waals surface area contributed by atoms with E-state index in [4.69, 9.17) is 11.6 Å². The number of rotatable bonds is 2. The van der Waals surface area contributed by atoms with E-state index in [1.807, 2.05) is 0 Å². The molecule has 0 aromatic heterocycles. The number of hydrogen-bond donors (Lipinski definition) is 0. The van der Waals surface area contributed by atoms with Crippen molar-refractivity contribution in [3.63, 3.8) is 0 Å². The first-order valence-corrected chi connectivity index (χ1v) is 4.76. The monoisotopic (exact) mass is 232 g/mol. The summed E-state index contributed by atoms with van der Waals surface area (Å²) in [6, 6.07) is 4.55. The van der Waals surface area contributed by atoms with Crippen molar-refractivity contribution in [2.24, 2.45) is 0 Å². The Kier molecular flexibility index (Phi) is 2.52.